The summed E-state index contributed by atoms with van der Waals surface area (Å²) in [5.74, 6) is 0. The molecule has 0 aliphatic carbocycles. The summed E-state index contributed by atoms with van der Waals surface area (Å²) in [6.45, 7) is 8.51. The van der Waals surface area contributed by atoms with Crippen molar-refractivity contribution in [2.75, 3.05) is 0 Å². The van der Waals surface area contributed by atoms with Gasteiger partial charge in [-0.2, -0.15) is 0 Å². The lowest BCUT2D eigenvalue weighted by Crippen LogP contribution is -1.82. The molecule has 0 nitrogen and oxygen atoms in total. The molecule has 0 heteroatoms. The van der Waals surface area contributed by atoms with Crippen LogP contribution in [0, 0.1) is 27.7 Å². The zero-order valence-electron chi connectivity index (χ0n) is 17.2. The van der Waals surface area contributed by atoms with E-state index in [1.54, 1.807) is 0 Å². The minimum atomic E-state index is 1.28. The van der Waals surface area contributed by atoms with Crippen LogP contribution < -0.4 is 0 Å². The largest absolute Gasteiger partial charge is 0.0622 e. The van der Waals surface area contributed by atoms with Crippen molar-refractivity contribution in [3.63, 3.8) is 0 Å². The van der Waals surface area contributed by atoms with Crippen LogP contribution in [-0.2, 0) is 0 Å². The molecule has 0 N–H and O–H groups in total. The second kappa shape index (κ2) is 9.19. The molecule has 140 valence electrons. The van der Waals surface area contributed by atoms with Gasteiger partial charge >= 0.3 is 0 Å². The fourth-order valence-corrected chi connectivity index (χ4v) is 3.26. The maximum atomic E-state index is 2.23. The highest BCUT2D eigenvalue weighted by Crippen LogP contribution is 2.22. The van der Waals surface area contributed by atoms with E-state index in [-0.39, 0.29) is 0 Å². The van der Waals surface area contributed by atoms with Gasteiger partial charge in [0.1, 0.15) is 0 Å². The molecular weight excluding hydrogens is 336 g/mol. The quantitative estimate of drug-likeness (QED) is 0.338. The molecule has 0 aromatic heterocycles. The molecule has 28 heavy (non-hydrogen) atoms. The smallest absolute Gasteiger partial charge is 0.0179 e. The van der Waals surface area contributed by atoms with Crippen LogP contribution in [0.1, 0.15) is 22.3 Å². The van der Waals surface area contributed by atoms with Crippen molar-refractivity contribution in [3.8, 4) is 22.3 Å². The van der Waals surface area contributed by atoms with E-state index in [9.17, 15) is 0 Å². The summed E-state index contributed by atoms with van der Waals surface area (Å²) >= 11 is 0. The molecule has 0 amide bonds. The molecule has 4 aromatic rings. The lowest BCUT2D eigenvalue weighted by atomic mass is 10.00. The van der Waals surface area contributed by atoms with Gasteiger partial charge in [0.2, 0.25) is 0 Å². The fourth-order valence-electron chi connectivity index (χ4n) is 3.26. The van der Waals surface area contributed by atoms with Gasteiger partial charge in [-0.1, -0.05) is 119 Å². The maximum absolute atomic E-state index is 2.23. The lowest BCUT2D eigenvalue weighted by Gasteiger charge is -2.05. The van der Waals surface area contributed by atoms with E-state index in [0.717, 1.165) is 0 Å². The van der Waals surface area contributed by atoms with Gasteiger partial charge in [0.05, 0.1) is 0 Å². The van der Waals surface area contributed by atoms with Gasteiger partial charge in [-0.25, -0.2) is 0 Å². The number of benzene rings is 4. The van der Waals surface area contributed by atoms with E-state index < -0.39 is 0 Å². The number of hydrogen-bond donors (Lipinski definition) is 0. The summed E-state index contributed by atoms with van der Waals surface area (Å²) in [4.78, 5) is 0. The third kappa shape index (κ3) is 5.44. The molecule has 0 unspecified atom stereocenters. The molecule has 0 bridgehead atoms. The Kier molecular flexibility index (Phi) is 6.45. The first-order valence-corrected chi connectivity index (χ1v) is 9.79. The average molecular weight is 365 g/mol. The molecule has 4 aromatic carbocycles. The number of aryl methyl sites for hydroxylation is 4. The molecule has 0 fully saturated rings. The van der Waals surface area contributed by atoms with Crippen molar-refractivity contribution >= 4 is 0 Å². The zero-order valence-corrected chi connectivity index (χ0v) is 17.2. The first-order valence-electron chi connectivity index (χ1n) is 9.79. The van der Waals surface area contributed by atoms with Crippen LogP contribution in [0.5, 0.6) is 0 Å². The van der Waals surface area contributed by atoms with Crippen LogP contribution in [0.4, 0.5) is 0 Å². The van der Waals surface area contributed by atoms with Gasteiger partial charge < -0.3 is 0 Å². The molecule has 4 rings (SSSR count). The highest BCUT2D eigenvalue weighted by molar-refractivity contribution is 5.65. The SMILES string of the molecule is Cc1ccc(-c2cc(C)cc(C)c2)cc1.Cc1ccc(-c2ccccc2)cc1. The molecular formula is C28H28. The standard InChI is InChI=1S/C15H16.C13H12/c1-11-4-6-14(7-5-11)15-9-12(2)8-13(3)10-15;1-11-7-9-13(10-8-11)12-5-3-2-4-6-12/h4-10H,1-3H3;2-10H,1H3. The Morgan fingerprint density at radius 2 is 0.714 bits per heavy atom. The summed E-state index contributed by atoms with van der Waals surface area (Å²) in [7, 11) is 0. The average Bonchev–Trinajstić information content (AvgIpc) is 2.69. The molecule has 0 saturated heterocycles. The summed E-state index contributed by atoms with van der Waals surface area (Å²) in [5.41, 5.74) is 10.4. The van der Waals surface area contributed by atoms with E-state index in [0.29, 0.717) is 0 Å². The topological polar surface area (TPSA) is 0 Å². The Morgan fingerprint density at radius 3 is 1.18 bits per heavy atom. The first-order chi connectivity index (χ1) is 13.5. The lowest BCUT2D eigenvalue weighted by molar-refractivity contribution is 1.38. The van der Waals surface area contributed by atoms with Gasteiger partial charge in [-0.15, -0.1) is 0 Å². The normalized spacial score (nSPS) is 10.1. The Labute approximate surface area is 169 Å². The molecule has 0 heterocycles. The predicted octanol–water partition coefficient (Wildman–Crippen LogP) is 7.94. The van der Waals surface area contributed by atoms with Gasteiger partial charge in [0, 0.05) is 0 Å². The predicted molar refractivity (Wildman–Crippen MR) is 123 cm³/mol. The maximum Gasteiger partial charge on any atom is -0.0179 e. The fraction of sp³-hybridized carbons (Fsp3) is 0.143. The van der Waals surface area contributed by atoms with E-state index in [4.69, 9.17) is 0 Å². The van der Waals surface area contributed by atoms with Gasteiger partial charge in [-0.3, -0.25) is 0 Å². The summed E-state index contributed by atoms with van der Waals surface area (Å²) in [6.07, 6.45) is 0. The Bertz CT molecular complexity index is 988. The Balaban J connectivity index is 0.000000162. The molecule has 0 aliphatic rings. The first kappa shape index (κ1) is 19.6. The van der Waals surface area contributed by atoms with Crippen LogP contribution in [0.3, 0.4) is 0 Å². The molecule has 0 saturated carbocycles. The van der Waals surface area contributed by atoms with E-state index in [1.807, 2.05) is 6.07 Å². The Hall–Kier alpha value is -3.12. The third-order valence-corrected chi connectivity index (χ3v) is 4.77. The summed E-state index contributed by atoms with van der Waals surface area (Å²) in [6, 6.07) is 34.4. The number of hydrogen-bond acceptors (Lipinski definition) is 0. The third-order valence-electron chi connectivity index (χ3n) is 4.77. The minimum Gasteiger partial charge on any atom is -0.0622 e. The monoisotopic (exact) mass is 364 g/mol. The van der Waals surface area contributed by atoms with Crippen LogP contribution in [0.25, 0.3) is 22.3 Å². The van der Waals surface area contributed by atoms with E-state index in [2.05, 4.69) is 119 Å². The van der Waals surface area contributed by atoms with Crippen LogP contribution in [0.2, 0.25) is 0 Å². The van der Waals surface area contributed by atoms with Gasteiger partial charge in [0.25, 0.3) is 0 Å². The van der Waals surface area contributed by atoms with Gasteiger partial charge in [0.15, 0.2) is 0 Å². The van der Waals surface area contributed by atoms with Crippen molar-refractivity contribution < 1.29 is 0 Å². The van der Waals surface area contributed by atoms with E-state index in [1.165, 1.54) is 44.5 Å². The van der Waals surface area contributed by atoms with Crippen LogP contribution >= 0.6 is 0 Å². The van der Waals surface area contributed by atoms with Crippen LogP contribution in [-0.4, -0.2) is 0 Å². The van der Waals surface area contributed by atoms with Crippen molar-refractivity contribution in [3.05, 3.63) is 119 Å². The second-order valence-electron chi connectivity index (χ2n) is 7.47. The van der Waals surface area contributed by atoms with Crippen molar-refractivity contribution in [2.24, 2.45) is 0 Å². The summed E-state index contributed by atoms with van der Waals surface area (Å²) < 4.78 is 0. The highest BCUT2D eigenvalue weighted by atomic mass is 14.0. The van der Waals surface area contributed by atoms with E-state index >= 15 is 0 Å². The van der Waals surface area contributed by atoms with Crippen molar-refractivity contribution in [1.82, 2.24) is 0 Å². The summed E-state index contributed by atoms with van der Waals surface area (Å²) in [5, 5.41) is 0. The molecule has 0 spiro atoms. The minimum absolute atomic E-state index is 1.28. The zero-order chi connectivity index (χ0) is 19.9. The Morgan fingerprint density at radius 1 is 0.321 bits per heavy atom. The van der Waals surface area contributed by atoms with Gasteiger partial charge in [-0.05, 0) is 49.9 Å². The van der Waals surface area contributed by atoms with Crippen LogP contribution in [0.15, 0.2) is 97.1 Å². The molecule has 0 radical (unpaired) electrons. The second-order valence-corrected chi connectivity index (χ2v) is 7.47. The highest BCUT2D eigenvalue weighted by Gasteiger charge is 1.99. The molecule has 0 aliphatic heterocycles. The van der Waals surface area contributed by atoms with Crippen molar-refractivity contribution in [1.29, 1.82) is 0 Å². The van der Waals surface area contributed by atoms with Crippen molar-refractivity contribution in [2.45, 2.75) is 27.7 Å². The number of rotatable bonds is 2. The molecule has 0 atom stereocenters.